The number of nitriles is 1. The Labute approximate surface area is 84.8 Å². The number of hydrogen-bond donors (Lipinski definition) is 2. The summed E-state index contributed by atoms with van der Waals surface area (Å²) in [7, 11) is -3.57. The number of hydrogen-bond acceptors (Lipinski definition) is 4. The maximum Gasteiger partial charge on any atom is 0.228 e. The second kappa shape index (κ2) is 5.96. The van der Waals surface area contributed by atoms with Crippen molar-refractivity contribution in [2.45, 2.75) is 38.0 Å². The smallest absolute Gasteiger partial charge is 0.228 e. The predicted octanol–water partition coefficient (Wildman–Crippen LogP) is -0.0211. The molecule has 0 aromatic carbocycles. The van der Waals surface area contributed by atoms with E-state index in [0.717, 1.165) is 0 Å². The van der Waals surface area contributed by atoms with E-state index in [-0.39, 0.29) is 19.1 Å². The third-order valence-electron chi connectivity index (χ3n) is 1.82. The van der Waals surface area contributed by atoms with Crippen molar-refractivity contribution in [3.63, 3.8) is 0 Å². The molecule has 0 aromatic rings. The topological polar surface area (TPSA) is 90.2 Å². The molecule has 82 valence electrons. The van der Waals surface area contributed by atoms with Crippen LogP contribution in [0.4, 0.5) is 0 Å². The van der Waals surface area contributed by atoms with Gasteiger partial charge in [-0.2, -0.15) is 5.26 Å². The van der Waals surface area contributed by atoms with Crippen LogP contribution in [0.1, 0.15) is 26.7 Å². The first-order valence-corrected chi connectivity index (χ1v) is 6.04. The van der Waals surface area contributed by atoms with E-state index in [2.05, 4.69) is 4.72 Å². The molecule has 0 saturated heterocycles. The molecule has 2 unspecified atom stereocenters. The lowest BCUT2D eigenvalue weighted by atomic mass is 10.3. The van der Waals surface area contributed by atoms with Crippen LogP contribution < -0.4 is 4.72 Å². The molecular weight excluding hydrogens is 204 g/mol. The normalized spacial score (nSPS) is 15.9. The third kappa shape index (κ3) is 4.05. The van der Waals surface area contributed by atoms with Gasteiger partial charge >= 0.3 is 0 Å². The first-order valence-electron chi connectivity index (χ1n) is 4.49. The fourth-order valence-electron chi connectivity index (χ4n) is 0.995. The van der Waals surface area contributed by atoms with E-state index < -0.39 is 15.3 Å². The average molecular weight is 220 g/mol. The van der Waals surface area contributed by atoms with E-state index in [0.29, 0.717) is 6.42 Å². The Balaban J connectivity index is 4.42. The second-order valence-electron chi connectivity index (χ2n) is 3.10. The largest absolute Gasteiger partial charge is 0.396 e. The molecule has 0 spiro atoms. The highest BCUT2D eigenvalue weighted by Gasteiger charge is 2.24. The summed E-state index contributed by atoms with van der Waals surface area (Å²) in [4.78, 5) is 0. The molecule has 0 aromatic heterocycles. The highest BCUT2D eigenvalue weighted by Crippen LogP contribution is 2.04. The van der Waals surface area contributed by atoms with Crippen LogP contribution in [-0.4, -0.2) is 31.4 Å². The lowest BCUT2D eigenvalue weighted by Crippen LogP contribution is -2.39. The lowest BCUT2D eigenvalue weighted by molar-refractivity contribution is 0.275. The number of aliphatic hydroxyl groups is 1. The van der Waals surface area contributed by atoms with E-state index in [1.165, 1.54) is 0 Å². The molecular formula is C8H16N2O3S. The predicted molar refractivity (Wildman–Crippen MR) is 52.9 cm³/mol. The molecule has 14 heavy (non-hydrogen) atoms. The van der Waals surface area contributed by atoms with E-state index in [4.69, 9.17) is 10.4 Å². The molecule has 0 aliphatic rings. The molecule has 0 bridgehead atoms. The molecule has 0 heterocycles. The Bertz CT molecular complexity index is 294. The zero-order chi connectivity index (χ0) is 11.2. The minimum atomic E-state index is -3.57. The van der Waals surface area contributed by atoms with Crippen molar-refractivity contribution < 1.29 is 13.5 Å². The SMILES string of the molecule is CCC(C#N)S(=O)(=O)NC(C)CCO. The monoisotopic (exact) mass is 220 g/mol. The molecule has 0 aliphatic carbocycles. The van der Waals surface area contributed by atoms with Crippen LogP contribution in [0.5, 0.6) is 0 Å². The van der Waals surface area contributed by atoms with Gasteiger partial charge < -0.3 is 5.11 Å². The fourth-order valence-corrected chi connectivity index (χ4v) is 2.42. The third-order valence-corrected chi connectivity index (χ3v) is 3.74. The maximum atomic E-state index is 11.5. The second-order valence-corrected chi connectivity index (χ2v) is 5.00. The van der Waals surface area contributed by atoms with Gasteiger partial charge in [0.25, 0.3) is 0 Å². The van der Waals surface area contributed by atoms with Crippen molar-refractivity contribution >= 4 is 10.0 Å². The summed E-state index contributed by atoms with van der Waals surface area (Å²) < 4.78 is 25.3. The molecule has 0 rings (SSSR count). The van der Waals surface area contributed by atoms with Crippen LogP contribution in [-0.2, 0) is 10.0 Å². The molecule has 0 radical (unpaired) electrons. The summed E-state index contributed by atoms with van der Waals surface area (Å²) in [5.74, 6) is 0. The van der Waals surface area contributed by atoms with Crippen molar-refractivity contribution in [3.05, 3.63) is 0 Å². The number of aliphatic hydroxyl groups excluding tert-OH is 1. The highest BCUT2D eigenvalue weighted by molar-refractivity contribution is 7.90. The molecule has 2 atom stereocenters. The fraction of sp³-hybridized carbons (Fsp3) is 0.875. The summed E-state index contributed by atoms with van der Waals surface area (Å²) in [5.41, 5.74) is 0. The van der Waals surface area contributed by atoms with Crippen LogP contribution in [0.25, 0.3) is 0 Å². The van der Waals surface area contributed by atoms with Crippen molar-refractivity contribution in [2.75, 3.05) is 6.61 Å². The Kier molecular flexibility index (Phi) is 5.69. The van der Waals surface area contributed by atoms with Crippen LogP contribution in [0, 0.1) is 11.3 Å². The lowest BCUT2D eigenvalue weighted by Gasteiger charge is -2.15. The van der Waals surface area contributed by atoms with Gasteiger partial charge in [0, 0.05) is 12.6 Å². The van der Waals surface area contributed by atoms with Gasteiger partial charge in [0.05, 0.1) is 6.07 Å². The molecule has 2 N–H and O–H groups in total. The summed E-state index contributed by atoms with van der Waals surface area (Å²) in [6.07, 6.45) is 0.610. The maximum absolute atomic E-state index is 11.5. The standard InChI is InChI=1S/C8H16N2O3S/c1-3-8(6-9)14(12,13)10-7(2)4-5-11/h7-8,10-11H,3-5H2,1-2H3. The van der Waals surface area contributed by atoms with Crippen molar-refractivity contribution in [1.29, 1.82) is 5.26 Å². The first-order chi connectivity index (χ1) is 6.47. The van der Waals surface area contributed by atoms with Crippen LogP contribution >= 0.6 is 0 Å². The van der Waals surface area contributed by atoms with Gasteiger partial charge in [-0.1, -0.05) is 6.92 Å². The average Bonchev–Trinajstić information content (AvgIpc) is 2.04. The summed E-state index contributed by atoms with van der Waals surface area (Å²) >= 11 is 0. The Morgan fingerprint density at radius 2 is 2.14 bits per heavy atom. The van der Waals surface area contributed by atoms with Gasteiger partial charge in [-0.25, -0.2) is 13.1 Å². The summed E-state index contributed by atoms with van der Waals surface area (Å²) in [5, 5.41) is 16.2. The van der Waals surface area contributed by atoms with Crippen LogP contribution in [0.2, 0.25) is 0 Å². The van der Waals surface area contributed by atoms with Gasteiger partial charge in [0.2, 0.25) is 10.0 Å². The summed E-state index contributed by atoms with van der Waals surface area (Å²) in [6, 6.07) is 1.39. The summed E-state index contributed by atoms with van der Waals surface area (Å²) in [6.45, 7) is 3.22. The van der Waals surface area contributed by atoms with E-state index in [1.54, 1.807) is 19.9 Å². The number of nitrogens with one attached hydrogen (secondary N) is 1. The van der Waals surface area contributed by atoms with E-state index in [1.807, 2.05) is 0 Å². The molecule has 6 heteroatoms. The molecule has 0 saturated carbocycles. The van der Waals surface area contributed by atoms with Gasteiger partial charge in [-0.05, 0) is 19.8 Å². The Hall–Kier alpha value is -0.640. The molecule has 0 fully saturated rings. The molecule has 0 amide bonds. The molecule has 5 nitrogen and oxygen atoms in total. The first kappa shape index (κ1) is 13.4. The number of nitrogens with zero attached hydrogens (tertiary/aromatic N) is 1. The zero-order valence-electron chi connectivity index (χ0n) is 8.40. The van der Waals surface area contributed by atoms with Crippen molar-refractivity contribution in [1.82, 2.24) is 4.72 Å². The quantitative estimate of drug-likeness (QED) is 0.658. The zero-order valence-corrected chi connectivity index (χ0v) is 9.21. The Morgan fingerprint density at radius 3 is 2.50 bits per heavy atom. The van der Waals surface area contributed by atoms with Gasteiger partial charge in [-0.3, -0.25) is 0 Å². The van der Waals surface area contributed by atoms with Crippen LogP contribution in [0.3, 0.4) is 0 Å². The Morgan fingerprint density at radius 1 is 1.57 bits per heavy atom. The minimum Gasteiger partial charge on any atom is -0.396 e. The van der Waals surface area contributed by atoms with E-state index >= 15 is 0 Å². The minimum absolute atomic E-state index is 0.0764. The number of rotatable bonds is 6. The van der Waals surface area contributed by atoms with Gasteiger partial charge in [0.1, 0.15) is 0 Å². The highest BCUT2D eigenvalue weighted by atomic mass is 32.2. The van der Waals surface area contributed by atoms with Crippen molar-refractivity contribution in [3.8, 4) is 6.07 Å². The van der Waals surface area contributed by atoms with Gasteiger partial charge in [0.15, 0.2) is 5.25 Å². The van der Waals surface area contributed by atoms with E-state index in [9.17, 15) is 8.42 Å². The molecule has 0 aliphatic heterocycles. The number of sulfonamides is 1. The van der Waals surface area contributed by atoms with Crippen LogP contribution in [0.15, 0.2) is 0 Å². The van der Waals surface area contributed by atoms with Crippen molar-refractivity contribution in [2.24, 2.45) is 0 Å². The van der Waals surface area contributed by atoms with Gasteiger partial charge in [-0.15, -0.1) is 0 Å².